The van der Waals surface area contributed by atoms with E-state index in [-0.39, 0.29) is 19.1 Å². The largest absolute Gasteiger partial charge is 0.472 e. The Balaban J connectivity index is 4.44. The molecule has 322 valence electrons. The maximum Gasteiger partial charge on any atom is 0.472 e. The van der Waals surface area contributed by atoms with Gasteiger partial charge in [0.15, 0.2) is 0 Å². The highest BCUT2D eigenvalue weighted by atomic mass is 31.2. The van der Waals surface area contributed by atoms with Gasteiger partial charge in [-0.05, 0) is 51.4 Å². The highest BCUT2D eigenvalue weighted by molar-refractivity contribution is 7.47. The molecule has 3 atom stereocenters. The molecular formula is C46H88N2O6P+. The number of carbonyl (C=O) groups excluding carboxylic acids is 1. The Morgan fingerprint density at radius 2 is 1.09 bits per heavy atom. The Hall–Kier alpha value is -1.54. The van der Waals surface area contributed by atoms with E-state index in [1.165, 1.54) is 103 Å². The second-order valence-electron chi connectivity index (χ2n) is 16.4. The van der Waals surface area contributed by atoms with Crippen LogP contribution in [0, 0.1) is 0 Å². The van der Waals surface area contributed by atoms with Gasteiger partial charge in [0.1, 0.15) is 13.2 Å². The first-order valence-electron chi connectivity index (χ1n) is 22.5. The molecular weight excluding hydrogens is 707 g/mol. The fourth-order valence-corrected chi connectivity index (χ4v) is 6.97. The molecule has 0 aliphatic carbocycles. The molecule has 1 amide bonds. The number of rotatable bonds is 40. The molecule has 3 N–H and O–H groups in total. The molecule has 0 bridgehead atoms. The maximum atomic E-state index is 12.9. The average Bonchev–Trinajstić information content (AvgIpc) is 3.13. The van der Waals surface area contributed by atoms with Gasteiger partial charge in [-0.15, -0.1) is 0 Å². The van der Waals surface area contributed by atoms with Crippen molar-refractivity contribution >= 4 is 13.7 Å². The highest BCUT2D eigenvalue weighted by Crippen LogP contribution is 2.43. The molecule has 9 heteroatoms. The van der Waals surface area contributed by atoms with Crippen LogP contribution in [-0.4, -0.2) is 73.4 Å². The topological polar surface area (TPSA) is 105 Å². The lowest BCUT2D eigenvalue weighted by atomic mass is 10.0. The normalized spacial score (nSPS) is 14.8. The van der Waals surface area contributed by atoms with Gasteiger partial charge in [0.2, 0.25) is 5.91 Å². The summed E-state index contributed by atoms with van der Waals surface area (Å²) in [5.74, 6) is -0.189. The van der Waals surface area contributed by atoms with Gasteiger partial charge >= 0.3 is 7.82 Å². The lowest BCUT2D eigenvalue weighted by Crippen LogP contribution is -2.45. The number of hydrogen-bond acceptors (Lipinski definition) is 5. The van der Waals surface area contributed by atoms with Gasteiger partial charge in [0, 0.05) is 6.42 Å². The van der Waals surface area contributed by atoms with E-state index >= 15 is 0 Å². The van der Waals surface area contributed by atoms with Crippen molar-refractivity contribution in [2.75, 3.05) is 40.9 Å². The molecule has 0 saturated heterocycles. The van der Waals surface area contributed by atoms with E-state index in [4.69, 9.17) is 9.05 Å². The third-order valence-electron chi connectivity index (χ3n) is 9.80. The van der Waals surface area contributed by atoms with Crippen molar-refractivity contribution in [1.29, 1.82) is 0 Å². The third kappa shape index (κ3) is 40.5. The zero-order chi connectivity index (χ0) is 40.7. The van der Waals surface area contributed by atoms with Crippen molar-refractivity contribution < 1.29 is 32.9 Å². The number of nitrogens with one attached hydrogen (secondary N) is 1. The minimum Gasteiger partial charge on any atom is -0.387 e. The Morgan fingerprint density at radius 1 is 0.636 bits per heavy atom. The standard InChI is InChI=1S/C46H87N2O6P/c1-6-8-10-12-14-16-18-20-22-24-26-28-30-32-34-36-38-40-46(50)47-44(43-54-55(51,52)53-42-41-48(3,4)5)45(49)39-37-35-33-31-29-27-25-23-21-19-17-15-13-11-9-7-2/h8,10,14,16,20,22,37,39,44-45,49H,6-7,9,11-13,15,17-19,21,23-36,38,40-43H2,1-5H3,(H-,47,50,51,52)/p+1/b10-8-,16-14-,22-20-,39-37+. The molecule has 0 aliphatic heterocycles. The van der Waals surface area contributed by atoms with Crippen LogP contribution in [0.25, 0.3) is 0 Å². The fourth-order valence-electron chi connectivity index (χ4n) is 6.23. The number of aliphatic hydroxyl groups is 1. The number of carbonyl (C=O) groups is 1. The molecule has 0 aliphatic rings. The van der Waals surface area contributed by atoms with Gasteiger partial charge < -0.3 is 19.8 Å². The molecule has 0 radical (unpaired) electrons. The fraction of sp³-hybridized carbons (Fsp3) is 0.804. The predicted molar refractivity (Wildman–Crippen MR) is 235 cm³/mol. The quantitative estimate of drug-likeness (QED) is 0.0247. The molecule has 3 unspecified atom stereocenters. The lowest BCUT2D eigenvalue weighted by Gasteiger charge is -2.25. The number of hydrogen-bond donors (Lipinski definition) is 3. The van der Waals surface area contributed by atoms with E-state index in [1.54, 1.807) is 6.08 Å². The summed E-state index contributed by atoms with van der Waals surface area (Å²) in [6.07, 6.45) is 47.4. The summed E-state index contributed by atoms with van der Waals surface area (Å²) in [6.45, 7) is 4.69. The van der Waals surface area contributed by atoms with E-state index in [1.807, 2.05) is 27.2 Å². The van der Waals surface area contributed by atoms with Gasteiger partial charge in [-0.3, -0.25) is 13.8 Å². The van der Waals surface area contributed by atoms with Crippen LogP contribution >= 0.6 is 7.82 Å². The van der Waals surface area contributed by atoms with Crippen LogP contribution in [-0.2, 0) is 18.4 Å². The number of phosphoric acid groups is 1. The van der Waals surface area contributed by atoms with Crippen molar-refractivity contribution in [3.05, 3.63) is 48.6 Å². The van der Waals surface area contributed by atoms with Gasteiger partial charge in [0.05, 0.1) is 39.9 Å². The van der Waals surface area contributed by atoms with Crippen LogP contribution in [0.15, 0.2) is 48.6 Å². The average molecular weight is 796 g/mol. The van der Waals surface area contributed by atoms with Crippen molar-refractivity contribution in [1.82, 2.24) is 5.32 Å². The van der Waals surface area contributed by atoms with Crippen LogP contribution in [0.1, 0.15) is 187 Å². The van der Waals surface area contributed by atoms with E-state index in [0.29, 0.717) is 17.4 Å². The highest BCUT2D eigenvalue weighted by Gasteiger charge is 2.27. The van der Waals surface area contributed by atoms with E-state index < -0.39 is 20.0 Å². The Bertz CT molecular complexity index is 1040. The number of phosphoric ester groups is 1. The van der Waals surface area contributed by atoms with E-state index in [0.717, 1.165) is 64.2 Å². The first-order chi connectivity index (χ1) is 26.5. The molecule has 0 aromatic carbocycles. The summed E-state index contributed by atoms with van der Waals surface area (Å²) in [7, 11) is 1.56. The van der Waals surface area contributed by atoms with Gasteiger partial charge in [0.25, 0.3) is 0 Å². The molecule has 0 spiro atoms. The minimum absolute atomic E-state index is 0.0580. The van der Waals surface area contributed by atoms with Gasteiger partial charge in [-0.1, -0.05) is 178 Å². The first kappa shape index (κ1) is 53.5. The molecule has 0 heterocycles. The minimum atomic E-state index is -4.34. The summed E-state index contributed by atoms with van der Waals surface area (Å²) >= 11 is 0. The summed E-state index contributed by atoms with van der Waals surface area (Å²) < 4.78 is 23.6. The Morgan fingerprint density at radius 3 is 1.60 bits per heavy atom. The first-order valence-corrected chi connectivity index (χ1v) is 24.0. The molecule has 0 aromatic rings. The van der Waals surface area contributed by atoms with Crippen LogP contribution < -0.4 is 5.32 Å². The monoisotopic (exact) mass is 796 g/mol. The summed E-state index contributed by atoms with van der Waals surface area (Å²) in [4.78, 5) is 23.1. The van der Waals surface area contributed by atoms with Gasteiger partial charge in [-0.2, -0.15) is 0 Å². The molecule has 8 nitrogen and oxygen atoms in total. The van der Waals surface area contributed by atoms with E-state index in [9.17, 15) is 19.4 Å². The smallest absolute Gasteiger partial charge is 0.387 e. The number of nitrogens with zero attached hydrogens (tertiary/aromatic N) is 1. The van der Waals surface area contributed by atoms with Crippen molar-refractivity contribution in [3.8, 4) is 0 Å². The Labute approximate surface area is 339 Å². The number of unbranched alkanes of at least 4 members (excludes halogenated alkanes) is 21. The van der Waals surface area contributed by atoms with Crippen molar-refractivity contribution in [2.45, 2.75) is 199 Å². The summed E-state index contributed by atoms with van der Waals surface area (Å²) in [5.41, 5.74) is 0. The second kappa shape index (κ2) is 38.0. The number of allylic oxidation sites excluding steroid dienone is 7. The molecule has 55 heavy (non-hydrogen) atoms. The second-order valence-corrected chi connectivity index (χ2v) is 17.9. The predicted octanol–water partition coefficient (Wildman–Crippen LogP) is 12.5. The number of likely N-dealkylation sites (N-methyl/N-ethyl adjacent to an activating group) is 1. The zero-order valence-corrected chi connectivity index (χ0v) is 37.3. The van der Waals surface area contributed by atoms with E-state index in [2.05, 4.69) is 55.6 Å². The lowest BCUT2D eigenvalue weighted by molar-refractivity contribution is -0.870. The van der Waals surface area contributed by atoms with Crippen LogP contribution in [0.3, 0.4) is 0 Å². The third-order valence-corrected chi connectivity index (χ3v) is 10.8. The number of amides is 1. The summed E-state index contributed by atoms with van der Waals surface area (Å²) in [6, 6.07) is -0.851. The van der Waals surface area contributed by atoms with Crippen LogP contribution in [0.4, 0.5) is 0 Å². The molecule has 0 rings (SSSR count). The molecule has 0 saturated carbocycles. The van der Waals surface area contributed by atoms with Crippen molar-refractivity contribution in [3.63, 3.8) is 0 Å². The van der Waals surface area contributed by atoms with Crippen molar-refractivity contribution in [2.24, 2.45) is 0 Å². The van der Waals surface area contributed by atoms with Crippen LogP contribution in [0.2, 0.25) is 0 Å². The number of aliphatic hydroxyl groups excluding tert-OH is 1. The number of quaternary nitrogens is 1. The summed E-state index contributed by atoms with van der Waals surface area (Å²) in [5, 5.41) is 13.8. The van der Waals surface area contributed by atoms with Crippen LogP contribution in [0.5, 0.6) is 0 Å². The van der Waals surface area contributed by atoms with Gasteiger partial charge in [-0.25, -0.2) is 4.57 Å². The zero-order valence-electron chi connectivity index (χ0n) is 36.4. The molecule has 0 fully saturated rings. The SMILES string of the molecule is CC/C=C\C/C=C\C/C=C\CCCCCCCCCC(=O)NC(COP(=O)(O)OCC[N+](C)(C)C)C(O)/C=C/CCCCCCCCCCCCCCCC. The molecule has 0 aromatic heterocycles. The maximum absolute atomic E-state index is 12.9. The Kier molecular flexibility index (Phi) is 36.9.